The van der Waals surface area contributed by atoms with E-state index in [9.17, 15) is 4.79 Å². The van der Waals surface area contributed by atoms with E-state index >= 15 is 0 Å². The van der Waals surface area contributed by atoms with Crippen LogP contribution in [0.3, 0.4) is 0 Å². The van der Waals surface area contributed by atoms with Crippen LogP contribution in [0.2, 0.25) is 0 Å². The molecule has 2 heterocycles. The lowest BCUT2D eigenvalue weighted by molar-refractivity contribution is -0.0996. The zero-order valence-electron chi connectivity index (χ0n) is 14.1. The van der Waals surface area contributed by atoms with E-state index in [0.29, 0.717) is 6.61 Å². The molecule has 0 aromatic heterocycles. The van der Waals surface area contributed by atoms with Gasteiger partial charge in [-0.25, -0.2) is 0 Å². The number of hydrogen-bond donors (Lipinski definition) is 0. The van der Waals surface area contributed by atoms with E-state index in [4.69, 9.17) is 4.74 Å². The SMILES string of the molecule is CN1C(=O)c2cc3ccccc3cc2[C@@]12OCC[C@H]2c1ccccc1. The first-order valence-corrected chi connectivity index (χ1v) is 8.72. The lowest BCUT2D eigenvalue weighted by Crippen LogP contribution is -2.44. The predicted molar refractivity (Wildman–Crippen MR) is 97.5 cm³/mol. The molecular weight excluding hydrogens is 310 g/mol. The number of benzene rings is 3. The van der Waals surface area contributed by atoms with Gasteiger partial charge >= 0.3 is 0 Å². The molecule has 1 amide bonds. The second-order valence-electron chi connectivity index (χ2n) is 6.91. The van der Waals surface area contributed by atoms with Crippen molar-refractivity contribution in [3.63, 3.8) is 0 Å². The van der Waals surface area contributed by atoms with Crippen LogP contribution in [0.25, 0.3) is 10.8 Å². The van der Waals surface area contributed by atoms with Crippen molar-refractivity contribution in [2.24, 2.45) is 0 Å². The van der Waals surface area contributed by atoms with Crippen LogP contribution in [0.1, 0.15) is 33.8 Å². The Morgan fingerprint density at radius 1 is 1.00 bits per heavy atom. The van der Waals surface area contributed by atoms with Crippen LogP contribution in [0.15, 0.2) is 66.7 Å². The number of ether oxygens (including phenoxy) is 1. The molecule has 3 heteroatoms. The molecule has 0 N–H and O–H groups in total. The number of fused-ring (bicyclic) bond motifs is 3. The molecule has 2 atom stereocenters. The minimum atomic E-state index is -0.697. The second kappa shape index (κ2) is 5.17. The quantitative estimate of drug-likeness (QED) is 0.667. The maximum absolute atomic E-state index is 13.0. The molecular formula is C22H19NO2. The van der Waals surface area contributed by atoms with E-state index in [1.165, 1.54) is 5.56 Å². The van der Waals surface area contributed by atoms with E-state index in [2.05, 4.69) is 42.5 Å². The lowest BCUT2D eigenvalue weighted by Gasteiger charge is -2.37. The molecule has 0 radical (unpaired) electrons. The predicted octanol–water partition coefficient (Wildman–Crippen LogP) is 4.28. The standard InChI is InChI=1S/C22H19NO2/c1-23-21(24)18-13-16-9-5-6-10-17(16)14-20(18)22(23)19(11-12-25-22)15-7-3-2-4-8-15/h2-10,13-14,19H,11-12H2,1H3/t19-,22+/m0/s1. The number of carbonyl (C=O) groups is 1. The Morgan fingerprint density at radius 2 is 1.68 bits per heavy atom. The van der Waals surface area contributed by atoms with Crippen molar-refractivity contribution in [3.8, 4) is 0 Å². The van der Waals surface area contributed by atoms with Gasteiger partial charge in [-0.2, -0.15) is 0 Å². The normalized spacial score (nSPS) is 25.1. The van der Waals surface area contributed by atoms with Crippen LogP contribution >= 0.6 is 0 Å². The summed E-state index contributed by atoms with van der Waals surface area (Å²) < 4.78 is 6.33. The van der Waals surface area contributed by atoms with Crippen molar-refractivity contribution in [2.75, 3.05) is 13.7 Å². The molecule has 124 valence electrons. The van der Waals surface area contributed by atoms with Crippen molar-refractivity contribution < 1.29 is 9.53 Å². The van der Waals surface area contributed by atoms with Crippen LogP contribution in [0, 0.1) is 0 Å². The summed E-state index contributed by atoms with van der Waals surface area (Å²) in [5.74, 6) is 0.189. The van der Waals surface area contributed by atoms with Gasteiger partial charge in [0.05, 0.1) is 6.61 Å². The van der Waals surface area contributed by atoms with Gasteiger partial charge < -0.3 is 9.64 Å². The largest absolute Gasteiger partial charge is 0.350 e. The number of nitrogens with zero attached hydrogens (tertiary/aromatic N) is 1. The molecule has 2 aliphatic heterocycles. The first-order valence-electron chi connectivity index (χ1n) is 8.72. The Balaban J connectivity index is 1.77. The van der Waals surface area contributed by atoms with Crippen LogP contribution < -0.4 is 0 Å². The van der Waals surface area contributed by atoms with Gasteiger partial charge in [-0.05, 0) is 34.9 Å². The van der Waals surface area contributed by atoms with Gasteiger partial charge in [-0.3, -0.25) is 4.79 Å². The maximum atomic E-state index is 13.0. The summed E-state index contributed by atoms with van der Waals surface area (Å²) >= 11 is 0. The third-order valence-corrected chi connectivity index (χ3v) is 5.71. The Morgan fingerprint density at radius 3 is 2.44 bits per heavy atom. The zero-order valence-corrected chi connectivity index (χ0v) is 14.1. The molecule has 3 nitrogen and oxygen atoms in total. The fourth-order valence-corrected chi connectivity index (χ4v) is 4.53. The third-order valence-electron chi connectivity index (χ3n) is 5.71. The van der Waals surface area contributed by atoms with E-state index < -0.39 is 5.72 Å². The molecule has 2 aliphatic rings. The Bertz CT molecular complexity index is 982. The zero-order chi connectivity index (χ0) is 17.0. The van der Waals surface area contributed by atoms with Crippen LogP contribution in [0.5, 0.6) is 0 Å². The highest BCUT2D eigenvalue weighted by Crippen LogP contribution is 2.54. The van der Waals surface area contributed by atoms with E-state index in [1.54, 1.807) is 4.90 Å². The van der Waals surface area contributed by atoms with E-state index in [-0.39, 0.29) is 11.8 Å². The Kier molecular flexibility index (Phi) is 3.03. The number of likely N-dealkylation sites (N-methyl/N-ethyl adjacent to an activating group) is 1. The first kappa shape index (κ1) is 14.7. The Labute approximate surface area is 146 Å². The van der Waals surface area contributed by atoms with Crippen LogP contribution in [-0.4, -0.2) is 24.5 Å². The monoisotopic (exact) mass is 329 g/mol. The minimum absolute atomic E-state index is 0.0450. The highest BCUT2D eigenvalue weighted by molar-refractivity contribution is 6.04. The molecule has 25 heavy (non-hydrogen) atoms. The second-order valence-corrected chi connectivity index (χ2v) is 6.91. The summed E-state index contributed by atoms with van der Waals surface area (Å²) in [6.45, 7) is 0.656. The summed E-state index contributed by atoms with van der Waals surface area (Å²) in [5, 5.41) is 2.24. The molecule has 0 saturated carbocycles. The lowest BCUT2D eigenvalue weighted by atomic mass is 9.82. The summed E-state index contributed by atoms with van der Waals surface area (Å²) in [6, 6.07) is 22.8. The number of hydrogen-bond acceptors (Lipinski definition) is 2. The molecule has 3 aromatic rings. The molecule has 3 aromatic carbocycles. The Hall–Kier alpha value is -2.65. The maximum Gasteiger partial charge on any atom is 0.256 e. The molecule has 1 spiro atoms. The molecule has 1 saturated heterocycles. The van der Waals surface area contributed by atoms with Crippen molar-refractivity contribution >= 4 is 16.7 Å². The first-order chi connectivity index (χ1) is 12.2. The molecule has 0 aliphatic carbocycles. The van der Waals surface area contributed by atoms with Gasteiger partial charge in [-0.15, -0.1) is 0 Å². The summed E-state index contributed by atoms with van der Waals surface area (Å²) in [7, 11) is 1.87. The molecule has 1 fully saturated rings. The van der Waals surface area contributed by atoms with Gasteiger partial charge in [-0.1, -0.05) is 54.6 Å². The van der Waals surface area contributed by atoms with Gasteiger partial charge in [0.2, 0.25) is 0 Å². The van der Waals surface area contributed by atoms with Crippen molar-refractivity contribution in [1.29, 1.82) is 0 Å². The van der Waals surface area contributed by atoms with Gasteiger partial charge in [0.15, 0.2) is 5.72 Å². The molecule has 5 rings (SSSR count). The number of amides is 1. The molecule has 0 bridgehead atoms. The van der Waals surface area contributed by atoms with Crippen molar-refractivity contribution in [1.82, 2.24) is 4.90 Å². The van der Waals surface area contributed by atoms with Gasteiger partial charge in [0.1, 0.15) is 0 Å². The molecule has 0 unspecified atom stereocenters. The topological polar surface area (TPSA) is 29.5 Å². The third kappa shape index (κ3) is 1.87. The van der Waals surface area contributed by atoms with Crippen LogP contribution in [-0.2, 0) is 10.5 Å². The van der Waals surface area contributed by atoms with Crippen LogP contribution in [0.4, 0.5) is 0 Å². The summed E-state index contributed by atoms with van der Waals surface area (Å²) in [4.78, 5) is 14.8. The van der Waals surface area contributed by atoms with E-state index in [0.717, 1.165) is 28.3 Å². The number of rotatable bonds is 1. The average molecular weight is 329 g/mol. The number of carbonyl (C=O) groups excluding carboxylic acids is 1. The van der Waals surface area contributed by atoms with Crippen molar-refractivity contribution in [2.45, 2.75) is 18.1 Å². The highest BCUT2D eigenvalue weighted by Gasteiger charge is 2.57. The van der Waals surface area contributed by atoms with E-state index in [1.807, 2.05) is 31.3 Å². The van der Waals surface area contributed by atoms with Gasteiger partial charge in [0, 0.05) is 24.1 Å². The summed E-state index contributed by atoms with van der Waals surface area (Å²) in [6.07, 6.45) is 0.911. The van der Waals surface area contributed by atoms with Gasteiger partial charge in [0.25, 0.3) is 5.91 Å². The fourth-order valence-electron chi connectivity index (χ4n) is 4.53. The minimum Gasteiger partial charge on any atom is -0.350 e. The highest BCUT2D eigenvalue weighted by atomic mass is 16.5. The fraction of sp³-hybridized carbons (Fsp3) is 0.227. The smallest absolute Gasteiger partial charge is 0.256 e. The summed E-state index contributed by atoms with van der Waals surface area (Å²) in [5.41, 5.74) is 2.30. The average Bonchev–Trinajstić information content (AvgIpc) is 3.19. The van der Waals surface area contributed by atoms with Crippen molar-refractivity contribution in [3.05, 3.63) is 83.4 Å².